The van der Waals surface area contributed by atoms with Crippen LogP contribution < -0.4 is 15.4 Å². The van der Waals surface area contributed by atoms with E-state index in [1.807, 2.05) is 19.1 Å². The molecule has 0 saturated carbocycles. The van der Waals surface area contributed by atoms with Crippen molar-refractivity contribution in [2.24, 2.45) is 4.99 Å². The van der Waals surface area contributed by atoms with Gasteiger partial charge in [-0.25, -0.2) is 0 Å². The van der Waals surface area contributed by atoms with Crippen LogP contribution in [0.5, 0.6) is 5.75 Å². The molecule has 156 valence electrons. The molecule has 28 heavy (non-hydrogen) atoms. The van der Waals surface area contributed by atoms with Crippen molar-refractivity contribution >= 4 is 29.9 Å². The van der Waals surface area contributed by atoms with Crippen molar-refractivity contribution in [3.05, 3.63) is 46.8 Å². The van der Waals surface area contributed by atoms with Crippen molar-refractivity contribution in [3.63, 3.8) is 0 Å². The summed E-state index contributed by atoms with van der Waals surface area (Å²) in [7, 11) is 3.40. The fraction of sp³-hybridized carbons (Fsp3) is 0.500. The molecule has 0 unspecified atom stereocenters. The molecule has 1 aromatic carbocycles. The zero-order chi connectivity index (χ0) is 19.6. The van der Waals surface area contributed by atoms with E-state index in [2.05, 4.69) is 46.8 Å². The van der Waals surface area contributed by atoms with E-state index in [0.717, 1.165) is 28.3 Å². The summed E-state index contributed by atoms with van der Waals surface area (Å²) in [6, 6.07) is 8.12. The highest BCUT2D eigenvalue weighted by atomic mass is 127. The van der Waals surface area contributed by atoms with E-state index < -0.39 is 0 Å². The molecule has 0 amide bonds. The molecule has 1 heterocycles. The smallest absolute Gasteiger partial charge is 0.191 e. The Kier molecular flexibility index (Phi) is 10.9. The highest BCUT2D eigenvalue weighted by molar-refractivity contribution is 14.0. The molecule has 0 saturated heterocycles. The lowest BCUT2D eigenvalue weighted by molar-refractivity contribution is 0.145. The summed E-state index contributed by atoms with van der Waals surface area (Å²) in [5, 5.41) is 10.6. The van der Waals surface area contributed by atoms with Gasteiger partial charge in [0.25, 0.3) is 0 Å². The van der Waals surface area contributed by atoms with E-state index in [1.54, 1.807) is 14.2 Å². The number of methoxy groups -OCH3 is 1. The van der Waals surface area contributed by atoms with Gasteiger partial charge in [-0.05, 0) is 24.5 Å². The second-order valence-electron chi connectivity index (χ2n) is 6.60. The quantitative estimate of drug-likeness (QED) is 0.236. The van der Waals surface area contributed by atoms with Crippen molar-refractivity contribution < 1.29 is 14.0 Å². The zero-order valence-electron chi connectivity index (χ0n) is 17.2. The average Bonchev–Trinajstić information content (AvgIpc) is 3.13. The Morgan fingerprint density at radius 1 is 1.18 bits per heavy atom. The number of hydrogen-bond donors (Lipinski definition) is 2. The molecule has 2 rings (SSSR count). The van der Waals surface area contributed by atoms with Crippen molar-refractivity contribution in [3.8, 4) is 5.75 Å². The Hall–Kier alpha value is -1.81. The Labute approximate surface area is 184 Å². The Morgan fingerprint density at radius 3 is 2.57 bits per heavy atom. The lowest BCUT2D eigenvalue weighted by Crippen LogP contribution is -2.36. The Balaban J connectivity index is 0.00000392. The maximum absolute atomic E-state index is 5.83. The monoisotopic (exact) mass is 502 g/mol. The van der Waals surface area contributed by atoms with Crippen LogP contribution in [-0.2, 0) is 17.8 Å². The molecule has 0 aliphatic carbocycles. The summed E-state index contributed by atoms with van der Waals surface area (Å²) >= 11 is 0. The molecule has 0 bridgehead atoms. The molecule has 0 fully saturated rings. The van der Waals surface area contributed by atoms with E-state index in [4.69, 9.17) is 14.0 Å². The fourth-order valence-corrected chi connectivity index (χ4v) is 2.43. The summed E-state index contributed by atoms with van der Waals surface area (Å²) < 4.78 is 16.2. The molecule has 1 aromatic heterocycles. The highest BCUT2D eigenvalue weighted by Gasteiger charge is 2.09. The number of aliphatic imine (C=N–C) groups is 1. The van der Waals surface area contributed by atoms with Gasteiger partial charge >= 0.3 is 0 Å². The van der Waals surface area contributed by atoms with Crippen LogP contribution in [0.25, 0.3) is 0 Å². The maximum Gasteiger partial charge on any atom is 0.191 e. The molecule has 7 nitrogen and oxygen atoms in total. The number of nitrogens with zero attached hydrogens (tertiary/aromatic N) is 2. The van der Waals surface area contributed by atoms with Gasteiger partial charge in [0.15, 0.2) is 11.7 Å². The first-order valence-corrected chi connectivity index (χ1v) is 9.14. The molecule has 0 radical (unpaired) electrons. The van der Waals surface area contributed by atoms with Gasteiger partial charge in [0.2, 0.25) is 0 Å². The van der Waals surface area contributed by atoms with Crippen molar-refractivity contribution in [2.45, 2.75) is 39.8 Å². The largest absolute Gasteiger partial charge is 0.491 e. The summed E-state index contributed by atoms with van der Waals surface area (Å²) in [6.07, 6.45) is 0. The molecule has 0 aliphatic rings. The van der Waals surface area contributed by atoms with Gasteiger partial charge < -0.3 is 24.6 Å². The number of ether oxygens (including phenoxy) is 2. The predicted octanol–water partition coefficient (Wildman–Crippen LogP) is 3.61. The van der Waals surface area contributed by atoms with E-state index in [9.17, 15) is 0 Å². The normalized spacial score (nSPS) is 11.3. The number of halogens is 1. The SMILES string of the molecule is CN=C(NCc1cc(C(C)C)no1)NCc1ccc(C)cc1OCCOC.I. The molecule has 0 aliphatic heterocycles. The van der Waals surface area contributed by atoms with Crippen LogP contribution in [0.1, 0.15) is 42.3 Å². The summed E-state index contributed by atoms with van der Waals surface area (Å²) in [5.74, 6) is 2.66. The van der Waals surface area contributed by atoms with Crippen LogP contribution in [0.4, 0.5) is 0 Å². The number of aromatic nitrogens is 1. The molecule has 0 spiro atoms. The summed E-state index contributed by atoms with van der Waals surface area (Å²) in [5.41, 5.74) is 3.16. The average molecular weight is 502 g/mol. The van der Waals surface area contributed by atoms with Gasteiger partial charge in [-0.3, -0.25) is 4.99 Å². The van der Waals surface area contributed by atoms with Crippen LogP contribution in [0.15, 0.2) is 33.8 Å². The summed E-state index contributed by atoms with van der Waals surface area (Å²) in [4.78, 5) is 4.25. The van der Waals surface area contributed by atoms with Gasteiger partial charge in [-0.1, -0.05) is 31.1 Å². The Morgan fingerprint density at radius 2 is 1.93 bits per heavy atom. The second kappa shape index (κ2) is 12.6. The minimum absolute atomic E-state index is 0. The minimum Gasteiger partial charge on any atom is -0.491 e. The first-order chi connectivity index (χ1) is 13.0. The van der Waals surface area contributed by atoms with Crippen molar-refractivity contribution in [1.29, 1.82) is 0 Å². The predicted molar refractivity (Wildman–Crippen MR) is 122 cm³/mol. The van der Waals surface area contributed by atoms with Crippen LogP contribution in [-0.4, -0.2) is 38.5 Å². The summed E-state index contributed by atoms with van der Waals surface area (Å²) in [6.45, 7) is 8.40. The standard InChI is InChI=1S/C20H30N4O3.HI/c1-14(2)18-11-17(27-24-18)13-23-20(21-4)22-12-16-7-6-15(3)10-19(16)26-9-8-25-5;/h6-7,10-11,14H,8-9,12-13H2,1-5H3,(H2,21,22,23);1H. The lowest BCUT2D eigenvalue weighted by Gasteiger charge is -2.15. The topological polar surface area (TPSA) is 80.9 Å². The zero-order valence-corrected chi connectivity index (χ0v) is 19.6. The van der Waals surface area contributed by atoms with Gasteiger partial charge in [0.05, 0.1) is 18.8 Å². The van der Waals surface area contributed by atoms with Gasteiger partial charge in [0, 0.05) is 32.3 Å². The molecule has 8 heteroatoms. The Bertz CT molecular complexity index is 747. The van der Waals surface area contributed by atoms with Crippen molar-refractivity contribution in [1.82, 2.24) is 15.8 Å². The lowest BCUT2D eigenvalue weighted by atomic mass is 10.1. The molecule has 0 atom stereocenters. The minimum atomic E-state index is 0. The third-order valence-electron chi connectivity index (χ3n) is 4.04. The third-order valence-corrected chi connectivity index (χ3v) is 4.04. The van der Waals surface area contributed by atoms with Crippen LogP contribution in [0.3, 0.4) is 0 Å². The van der Waals surface area contributed by atoms with Crippen LogP contribution in [0.2, 0.25) is 0 Å². The van der Waals surface area contributed by atoms with Crippen LogP contribution >= 0.6 is 24.0 Å². The van der Waals surface area contributed by atoms with Gasteiger partial charge in [-0.15, -0.1) is 24.0 Å². The number of benzene rings is 1. The first-order valence-electron chi connectivity index (χ1n) is 9.14. The second-order valence-corrected chi connectivity index (χ2v) is 6.60. The third kappa shape index (κ3) is 7.67. The fourth-order valence-electron chi connectivity index (χ4n) is 2.43. The van der Waals surface area contributed by atoms with Gasteiger partial charge in [0.1, 0.15) is 12.4 Å². The maximum atomic E-state index is 5.83. The molecular weight excluding hydrogens is 471 g/mol. The van der Waals surface area contributed by atoms with Crippen LogP contribution in [0, 0.1) is 6.92 Å². The number of guanidine groups is 1. The molecule has 2 N–H and O–H groups in total. The van der Waals surface area contributed by atoms with Crippen molar-refractivity contribution in [2.75, 3.05) is 27.4 Å². The number of rotatable bonds is 9. The molecular formula is C20H31IN4O3. The van der Waals surface area contributed by atoms with E-state index in [-0.39, 0.29) is 24.0 Å². The molecule has 2 aromatic rings. The first kappa shape index (κ1) is 24.2. The number of aryl methyl sites for hydroxylation is 1. The van der Waals surface area contributed by atoms with E-state index in [1.165, 1.54) is 0 Å². The van der Waals surface area contributed by atoms with Gasteiger partial charge in [-0.2, -0.15) is 0 Å². The number of nitrogens with one attached hydrogen (secondary N) is 2. The van der Waals surface area contributed by atoms with E-state index in [0.29, 0.717) is 38.2 Å². The van der Waals surface area contributed by atoms with E-state index >= 15 is 0 Å². The highest BCUT2D eigenvalue weighted by Crippen LogP contribution is 2.20. The number of hydrogen-bond acceptors (Lipinski definition) is 5.